The summed E-state index contributed by atoms with van der Waals surface area (Å²) < 4.78 is 1.81. The van der Waals surface area contributed by atoms with Crippen LogP contribution in [0.2, 0.25) is 0 Å². The third kappa shape index (κ3) is 1.33. The van der Waals surface area contributed by atoms with Crippen LogP contribution in [-0.2, 0) is 12.3 Å². The van der Waals surface area contributed by atoms with Gasteiger partial charge in [0.25, 0.3) is 5.72 Å². The smallest absolute Gasteiger partial charge is 0.295 e. The maximum atomic E-state index is 10.6. The van der Waals surface area contributed by atoms with Crippen molar-refractivity contribution in [1.29, 1.82) is 0 Å². The summed E-state index contributed by atoms with van der Waals surface area (Å²) in [7, 11) is 0. The number of aliphatic hydroxyl groups excluding tert-OH is 1. The predicted octanol–water partition coefficient (Wildman–Crippen LogP) is 1.16. The van der Waals surface area contributed by atoms with Gasteiger partial charge in [-0.05, 0) is 18.2 Å². The Kier molecular flexibility index (Phi) is 2.08. The molecule has 1 unspecified atom stereocenters. The molecule has 0 bridgehead atoms. The van der Waals surface area contributed by atoms with Gasteiger partial charge in [-0.2, -0.15) is 4.57 Å². The van der Waals surface area contributed by atoms with E-state index >= 15 is 0 Å². The van der Waals surface area contributed by atoms with E-state index < -0.39 is 5.72 Å². The molecule has 2 aromatic rings. The summed E-state index contributed by atoms with van der Waals surface area (Å²) in [6, 6.07) is 11.6. The number of rotatable bonds is 1. The first-order valence-corrected chi connectivity index (χ1v) is 5.63. The number of hydrogen-bond donors (Lipinski definition) is 2. The lowest BCUT2D eigenvalue weighted by Gasteiger charge is -2.13. The van der Waals surface area contributed by atoms with Crippen molar-refractivity contribution in [3.63, 3.8) is 0 Å². The van der Waals surface area contributed by atoms with Crippen molar-refractivity contribution in [3.05, 3.63) is 53.7 Å². The molecule has 2 heterocycles. The van der Waals surface area contributed by atoms with E-state index in [2.05, 4.69) is 0 Å². The highest BCUT2D eigenvalue weighted by atomic mass is 16.3. The van der Waals surface area contributed by atoms with Crippen molar-refractivity contribution in [2.75, 3.05) is 0 Å². The minimum Gasteiger partial charge on any atom is -0.391 e. The van der Waals surface area contributed by atoms with Gasteiger partial charge < -0.3 is 10.2 Å². The summed E-state index contributed by atoms with van der Waals surface area (Å²) in [5, 5.41) is 19.8. The third-order valence-corrected chi connectivity index (χ3v) is 3.37. The third-order valence-electron chi connectivity index (χ3n) is 3.37. The van der Waals surface area contributed by atoms with E-state index in [1.54, 1.807) is 13.1 Å². The highest BCUT2D eigenvalue weighted by Crippen LogP contribution is 2.35. The summed E-state index contributed by atoms with van der Waals surface area (Å²) in [4.78, 5) is 0. The van der Waals surface area contributed by atoms with Crippen LogP contribution >= 0.6 is 0 Å². The lowest BCUT2D eigenvalue weighted by Crippen LogP contribution is -2.52. The largest absolute Gasteiger partial charge is 0.391 e. The molecule has 0 fully saturated rings. The van der Waals surface area contributed by atoms with Crippen molar-refractivity contribution >= 4 is 0 Å². The van der Waals surface area contributed by atoms with E-state index in [4.69, 9.17) is 5.11 Å². The summed E-state index contributed by atoms with van der Waals surface area (Å²) in [6.45, 7) is 1.75. The average molecular weight is 228 g/mol. The van der Waals surface area contributed by atoms with E-state index in [1.165, 1.54) is 0 Å². The normalized spacial score (nSPS) is 21.1. The molecule has 2 N–H and O–H groups in total. The molecule has 1 atom stereocenters. The van der Waals surface area contributed by atoms with Crippen LogP contribution in [0, 0.1) is 0 Å². The molecule has 1 aliphatic heterocycles. The van der Waals surface area contributed by atoms with Gasteiger partial charge in [-0.15, -0.1) is 0 Å². The Bertz CT molecular complexity index is 591. The van der Waals surface area contributed by atoms with Crippen LogP contribution in [0.5, 0.6) is 0 Å². The Morgan fingerprint density at radius 1 is 1.18 bits per heavy atom. The Morgan fingerprint density at radius 3 is 2.71 bits per heavy atom. The molecule has 17 heavy (non-hydrogen) atoms. The van der Waals surface area contributed by atoms with Crippen LogP contribution in [0.4, 0.5) is 0 Å². The molecule has 0 amide bonds. The number of aliphatic hydroxyl groups is 2. The van der Waals surface area contributed by atoms with Gasteiger partial charge in [0.15, 0.2) is 6.20 Å². The molecule has 3 nitrogen and oxygen atoms in total. The molecule has 1 aliphatic rings. The molecule has 0 saturated carbocycles. The number of benzene rings is 1. The Balaban J connectivity index is 2.32. The lowest BCUT2D eigenvalue weighted by molar-refractivity contribution is -0.777. The highest BCUT2D eigenvalue weighted by Gasteiger charge is 2.45. The highest BCUT2D eigenvalue weighted by molar-refractivity contribution is 5.64. The molecule has 0 spiro atoms. The fourth-order valence-corrected chi connectivity index (χ4v) is 2.47. The molecule has 3 heteroatoms. The van der Waals surface area contributed by atoms with Crippen LogP contribution in [0.15, 0.2) is 42.6 Å². The predicted molar refractivity (Wildman–Crippen MR) is 63.0 cm³/mol. The molecule has 86 valence electrons. The Hall–Kier alpha value is -1.71. The fraction of sp³-hybridized carbons (Fsp3) is 0.214. The zero-order valence-electron chi connectivity index (χ0n) is 9.59. The van der Waals surface area contributed by atoms with Gasteiger partial charge in [-0.25, -0.2) is 0 Å². The Labute approximate surface area is 99.6 Å². The zero-order valence-corrected chi connectivity index (χ0v) is 9.59. The van der Waals surface area contributed by atoms with Crippen molar-refractivity contribution in [3.8, 4) is 11.3 Å². The topological polar surface area (TPSA) is 44.3 Å². The van der Waals surface area contributed by atoms with Crippen molar-refractivity contribution in [2.24, 2.45) is 0 Å². The van der Waals surface area contributed by atoms with E-state index in [0.717, 1.165) is 22.4 Å². The molecule has 3 rings (SSSR count). The van der Waals surface area contributed by atoms with Gasteiger partial charge in [0.2, 0.25) is 5.69 Å². The summed E-state index contributed by atoms with van der Waals surface area (Å²) in [6.07, 6.45) is 1.80. The number of aromatic nitrogens is 1. The lowest BCUT2D eigenvalue weighted by atomic mass is 10.0. The monoisotopic (exact) mass is 228 g/mol. The van der Waals surface area contributed by atoms with Gasteiger partial charge >= 0.3 is 0 Å². The van der Waals surface area contributed by atoms with Gasteiger partial charge in [0.1, 0.15) is 0 Å². The second kappa shape index (κ2) is 3.39. The number of hydrogen-bond acceptors (Lipinski definition) is 2. The van der Waals surface area contributed by atoms with Crippen molar-refractivity contribution in [1.82, 2.24) is 0 Å². The second-order valence-corrected chi connectivity index (χ2v) is 4.52. The first-order chi connectivity index (χ1) is 8.14. The summed E-state index contributed by atoms with van der Waals surface area (Å²) >= 11 is 0. The standard InChI is InChI=1S/C14H14NO2/c1-14(17)12-5-3-2-4-11(12)13-7-6-10(9-16)8-15(13)14/h2-8,16-17H,9H2,1H3/q+1. The number of pyridine rings is 1. The molecule has 0 aliphatic carbocycles. The first-order valence-electron chi connectivity index (χ1n) is 5.63. The van der Waals surface area contributed by atoms with E-state index in [9.17, 15) is 5.11 Å². The van der Waals surface area contributed by atoms with E-state index in [1.807, 2.05) is 41.0 Å². The SMILES string of the molecule is CC1(O)c2ccccc2-c2ccc(CO)c[n+]21. The van der Waals surface area contributed by atoms with Crippen molar-refractivity contribution < 1.29 is 14.8 Å². The molecular formula is C14H14NO2+. The van der Waals surface area contributed by atoms with E-state index in [0.29, 0.717) is 0 Å². The molecule has 1 aromatic carbocycles. The number of fused-ring (bicyclic) bond motifs is 3. The summed E-state index contributed by atoms with van der Waals surface area (Å²) in [5.74, 6) is 0. The van der Waals surface area contributed by atoms with Crippen LogP contribution in [0.1, 0.15) is 18.1 Å². The van der Waals surface area contributed by atoms with Crippen LogP contribution in [-0.4, -0.2) is 10.2 Å². The van der Waals surface area contributed by atoms with Crippen LogP contribution in [0.25, 0.3) is 11.3 Å². The second-order valence-electron chi connectivity index (χ2n) is 4.52. The summed E-state index contributed by atoms with van der Waals surface area (Å²) in [5.41, 5.74) is 2.67. The first kappa shape index (κ1) is 10.4. The average Bonchev–Trinajstić information content (AvgIpc) is 2.59. The molecular weight excluding hydrogens is 214 g/mol. The van der Waals surface area contributed by atoms with Gasteiger partial charge in [0, 0.05) is 18.6 Å². The quantitative estimate of drug-likeness (QED) is 0.719. The van der Waals surface area contributed by atoms with Gasteiger partial charge in [-0.3, -0.25) is 0 Å². The Morgan fingerprint density at radius 2 is 1.94 bits per heavy atom. The number of nitrogens with zero attached hydrogens (tertiary/aromatic N) is 1. The van der Waals surface area contributed by atoms with Gasteiger partial charge in [0.05, 0.1) is 17.7 Å². The van der Waals surface area contributed by atoms with Gasteiger partial charge in [-0.1, -0.05) is 12.1 Å². The fourth-order valence-electron chi connectivity index (χ4n) is 2.47. The van der Waals surface area contributed by atoms with Crippen LogP contribution in [0.3, 0.4) is 0 Å². The van der Waals surface area contributed by atoms with Crippen LogP contribution < -0.4 is 4.57 Å². The molecule has 0 radical (unpaired) electrons. The minimum absolute atomic E-state index is 0.0211. The maximum absolute atomic E-state index is 10.6. The minimum atomic E-state index is -1.04. The zero-order chi connectivity index (χ0) is 12.0. The van der Waals surface area contributed by atoms with E-state index in [-0.39, 0.29) is 6.61 Å². The maximum Gasteiger partial charge on any atom is 0.295 e. The molecule has 0 saturated heterocycles. The molecule has 1 aromatic heterocycles. The van der Waals surface area contributed by atoms with Crippen molar-refractivity contribution in [2.45, 2.75) is 19.3 Å².